The first-order valence-corrected chi connectivity index (χ1v) is 10.7. The Morgan fingerprint density at radius 1 is 1.10 bits per heavy atom. The zero-order valence-corrected chi connectivity index (χ0v) is 17.7. The summed E-state index contributed by atoms with van der Waals surface area (Å²) in [5.74, 6) is -1.07. The maximum Gasteiger partial charge on any atom is 0.289 e. The molecule has 1 aromatic carbocycles. The van der Waals surface area contributed by atoms with E-state index < -0.39 is 5.91 Å². The highest BCUT2D eigenvalue weighted by molar-refractivity contribution is 7.13. The van der Waals surface area contributed by atoms with E-state index in [2.05, 4.69) is 26.1 Å². The standard InChI is InChI=1S/C19H22ClN5O4S/c20-14-5-3-13(4-6-14)17(27)21-7-1-2-16(26)23-24-18(28)15-12-30-19(22-15)25-8-10-29-11-9-25/h3-6,12H,1-2,7-11H2,(H,21,27)(H,23,26)(H,24,28). The summed E-state index contributed by atoms with van der Waals surface area (Å²) < 4.78 is 5.30. The van der Waals surface area contributed by atoms with E-state index >= 15 is 0 Å². The van der Waals surface area contributed by atoms with Crippen LogP contribution in [0, 0.1) is 0 Å². The number of amides is 3. The molecule has 3 N–H and O–H groups in total. The van der Waals surface area contributed by atoms with Gasteiger partial charge in [0.15, 0.2) is 5.13 Å². The fraction of sp³-hybridized carbons (Fsp3) is 0.368. The van der Waals surface area contributed by atoms with Crippen LogP contribution in [-0.4, -0.2) is 55.6 Å². The summed E-state index contributed by atoms with van der Waals surface area (Å²) in [5, 5.41) is 5.69. The number of nitrogens with one attached hydrogen (secondary N) is 3. The van der Waals surface area contributed by atoms with E-state index in [1.807, 2.05) is 0 Å². The minimum Gasteiger partial charge on any atom is -0.378 e. The highest BCUT2D eigenvalue weighted by Crippen LogP contribution is 2.21. The number of hydrazine groups is 1. The molecule has 0 spiro atoms. The van der Waals surface area contributed by atoms with Gasteiger partial charge < -0.3 is 15.0 Å². The monoisotopic (exact) mass is 451 g/mol. The van der Waals surface area contributed by atoms with Gasteiger partial charge in [-0.2, -0.15) is 0 Å². The van der Waals surface area contributed by atoms with Crippen molar-refractivity contribution in [3.05, 3.63) is 45.9 Å². The molecule has 3 rings (SSSR count). The van der Waals surface area contributed by atoms with E-state index in [1.165, 1.54) is 11.3 Å². The second kappa shape index (κ2) is 10.9. The Labute approximate surface area is 182 Å². The Kier molecular flexibility index (Phi) is 8.00. The lowest BCUT2D eigenvalue weighted by Gasteiger charge is -2.25. The van der Waals surface area contributed by atoms with Gasteiger partial charge >= 0.3 is 0 Å². The SMILES string of the molecule is O=C(CCCNC(=O)c1ccc(Cl)cc1)NNC(=O)c1csc(N2CCOCC2)n1. The fourth-order valence-electron chi connectivity index (χ4n) is 2.68. The molecular weight excluding hydrogens is 430 g/mol. The predicted octanol–water partition coefficient (Wildman–Crippen LogP) is 1.60. The van der Waals surface area contributed by atoms with Crippen LogP contribution in [0.2, 0.25) is 5.02 Å². The van der Waals surface area contributed by atoms with Crippen LogP contribution < -0.4 is 21.1 Å². The van der Waals surface area contributed by atoms with Crippen molar-refractivity contribution in [1.29, 1.82) is 0 Å². The van der Waals surface area contributed by atoms with Crippen molar-refractivity contribution in [2.75, 3.05) is 37.7 Å². The third-order valence-corrected chi connectivity index (χ3v) is 5.45. The van der Waals surface area contributed by atoms with Gasteiger partial charge in [0, 0.05) is 42.0 Å². The van der Waals surface area contributed by atoms with Crippen molar-refractivity contribution >= 4 is 45.8 Å². The average molecular weight is 452 g/mol. The summed E-state index contributed by atoms with van der Waals surface area (Å²) in [6.45, 7) is 3.08. The van der Waals surface area contributed by atoms with Crippen molar-refractivity contribution in [3.63, 3.8) is 0 Å². The van der Waals surface area contributed by atoms with Gasteiger partial charge in [-0.15, -0.1) is 11.3 Å². The average Bonchev–Trinajstić information content (AvgIpc) is 3.26. The second-order valence-corrected chi connectivity index (χ2v) is 7.76. The molecular formula is C19H22ClN5O4S. The molecule has 3 amide bonds. The van der Waals surface area contributed by atoms with Crippen LogP contribution in [0.25, 0.3) is 0 Å². The number of morpholine rings is 1. The number of nitrogens with zero attached hydrogens (tertiary/aromatic N) is 2. The first-order valence-electron chi connectivity index (χ1n) is 9.44. The van der Waals surface area contributed by atoms with E-state index in [1.54, 1.807) is 29.6 Å². The maximum absolute atomic E-state index is 12.2. The molecule has 0 bridgehead atoms. The molecule has 0 unspecified atom stereocenters. The summed E-state index contributed by atoms with van der Waals surface area (Å²) in [5.41, 5.74) is 5.46. The molecule has 2 aromatic rings. The molecule has 0 saturated carbocycles. The van der Waals surface area contributed by atoms with Crippen LogP contribution in [0.15, 0.2) is 29.6 Å². The van der Waals surface area contributed by atoms with Crippen molar-refractivity contribution in [3.8, 4) is 0 Å². The highest BCUT2D eigenvalue weighted by Gasteiger charge is 2.17. The van der Waals surface area contributed by atoms with Gasteiger partial charge in [0.05, 0.1) is 13.2 Å². The van der Waals surface area contributed by atoms with Crippen molar-refractivity contribution in [2.24, 2.45) is 0 Å². The zero-order valence-electron chi connectivity index (χ0n) is 16.2. The molecule has 0 aliphatic carbocycles. The molecule has 1 aromatic heterocycles. The smallest absolute Gasteiger partial charge is 0.289 e. The zero-order chi connectivity index (χ0) is 21.3. The molecule has 9 nitrogen and oxygen atoms in total. The van der Waals surface area contributed by atoms with E-state index in [4.69, 9.17) is 16.3 Å². The third-order valence-electron chi connectivity index (χ3n) is 4.29. The Morgan fingerprint density at radius 2 is 1.83 bits per heavy atom. The van der Waals surface area contributed by atoms with Crippen LogP contribution in [-0.2, 0) is 9.53 Å². The van der Waals surface area contributed by atoms with Crippen LogP contribution in [0.1, 0.15) is 33.7 Å². The van der Waals surface area contributed by atoms with Gasteiger partial charge in [0.2, 0.25) is 5.91 Å². The molecule has 160 valence electrons. The van der Waals surface area contributed by atoms with Gasteiger partial charge in [-0.25, -0.2) is 4.98 Å². The maximum atomic E-state index is 12.2. The van der Waals surface area contributed by atoms with Crippen molar-refractivity contribution < 1.29 is 19.1 Å². The topological polar surface area (TPSA) is 113 Å². The Hall–Kier alpha value is -2.69. The van der Waals surface area contributed by atoms with E-state index in [0.717, 1.165) is 18.2 Å². The number of anilines is 1. The highest BCUT2D eigenvalue weighted by atomic mass is 35.5. The Bertz CT molecular complexity index is 883. The predicted molar refractivity (Wildman–Crippen MR) is 114 cm³/mol. The van der Waals surface area contributed by atoms with Gasteiger partial charge in [-0.3, -0.25) is 25.2 Å². The summed E-state index contributed by atoms with van der Waals surface area (Å²) in [6.07, 6.45) is 0.580. The summed E-state index contributed by atoms with van der Waals surface area (Å²) in [7, 11) is 0. The number of halogens is 1. The van der Waals surface area contributed by atoms with E-state index in [-0.39, 0.29) is 23.9 Å². The number of benzene rings is 1. The van der Waals surface area contributed by atoms with Gasteiger partial charge in [0.1, 0.15) is 5.69 Å². The number of carbonyl (C=O) groups excluding carboxylic acids is 3. The van der Waals surface area contributed by atoms with Crippen LogP contribution >= 0.6 is 22.9 Å². The number of aromatic nitrogens is 1. The minimum atomic E-state index is -0.477. The molecule has 0 atom stereocenters. The summed E-state index contributed by atoms with van der Waals surface area (Å²) >= 11 is 7.16. The first-order chi connectivity index (χ1) is 14.5. The summed E-state index contributed by atoms with van der Waals surface area (Å²) in [6, 6.07) is 6.53. The number of rotatable bonds is 7. The largest absolute Gasteiger partial charge is 0.378 e. The quantitative estimate of drug-likeness (QED) is 0.435. The second-order valence-electron chi connectivity index (χ2n) is 6.48. The molecule has 11 heteroatoms. The lowest BCUT2D eigenvalue weighted by atomic mass is 10.2. The first kappa shape index (κ1) is 22.0. The molecule has 1 saturated heterocycles. The lowest BCUT2D eigenvalue weighted by Crippen LogP contribution is -2.42. The number of hydrogen-bond donors (Lipinski definition) is 3. The molecule has 1 aliphatic rings. The number of ether oxygens (including phenoxy) is 1. The van der Waals surface area contributed by atoms with Crippen LogP contribution in [0.3, 0.4) is 0 Å². The van der Waals surface area contributed by atoms with Crippen molar-refractivity contribution in [2.45, 2.75) is 12.8 Å². The third kappa shape index (κ3) is 6.41. The molecule has 1 fully saturated rings. The van der Waals surface area contributed by atoms with E-state index in [9.17, 15) is 14.4 Å². The van der Waals surface area contributed by atoms with Gasteiger partial charge in [-0.1, -0.05) is 11.6 Å². The van der Waals surface area contributed by atoms with Gasteiger partial charge in [0.25, 0.3) is 11.8 Å². The Balaban J connectivity index is 1.33. The molecule has 2 heterocycles. The number of hydrogen-bond acceptors (Lipinski definition) is 7. The van der Waals surface area contributed by atoms with Gasteiger partial charge in [-0.05, 0) is 30.7 Å². The van der Waals surface area contributed by atoms with Crippen molar-refractivity contribution in [1.82, 2.24) is 21.2 Å². The van der Waals surface area contributed by atoms with E-state index in [0.29, 0.717) is 36.8 Å². The fourth-order valence-corrected chi connectivity index (χ4v) is 3.66. The summed E-state index contributed by atoms with van der Waals surface area (Å²) in [4.78, 5) is 42.4. The van der Waals surface area contributed by atoms with Crippen LogP contribution in [0.5, 0.6) is 0 Å². The molecule has 30 heavy (non-hydrogen) atoms. The van der Waals surface area contributed by atoms with Crippen LogP contribution in [0.4, 0.5) is 5.13 Å². The number of carbonyl (C=O) groups is 3. The molecule has 1 aliphatic heterocycles. The lowest BCUT2D eigenvalue weighted by molar-refractivity contribution is -0.121. The Morgan fingerprint density at radius 3 is 2.57 bits per heavy atom. The molecule has 0 radical (unpaired) electrons. The normalized spacial score (nSPS) is 13.6. The number of thiazole rings is 1. The minimum absolute atomic E-state index is 0.150.